The molecule has 2 rings (SSSR count). The molecule has 0 spiro atoms. The van der Waals surface area contributed by atoms with Crippen molar-refractivity contribution < 1.29 is 19.2 Å². The Hall–Kier alpha value is -2.35. The van der Waals surface area contributed by atoms with Crippen molar-refractivity contribution in [3.63, 3.8) is 0 Å². The standard InChI is InChI=1S/C11H8N2O5S/c1-6-4-5-12-10(9(6)13(16)17)19-8-3-2-7(18-8)11(14)15/h2-5H,1H3,(H,14,15). The van der Waals surface area contributed by atoms with Gasteiger partial charge in [0.05, 0.1) is 4.92 Å². The van der Waals surface area contributed by atoms with Crippen LogP contribution in [0.2, 0.25) is 0 Å². The maximum atomic E-state index is 11.0. The number of rotatable bonds is 4. The Morgan fingerprint density at radius 1 is 1.47 bits per heavy atom. The molecule has 0 bridgehead atoms. The summed E-state index contributed by atoms with van der Waals surface area (Å²) >= 11 is 0.912. The third-order valence-electron chi connectivity index (χ3n) is 2.26. The summed E-state index contributed by atoms with van der Waals surface area (Å²) in [5, 5.41) is 20.1. The lowest BCUT2D eigenvalue weighted by atomic mass is 10.3. The Labute approximate surface area is 111 Å². The number of aromatic carboxylic acids is 1. The minimum absolute atomic E-state index is 0.110. The summed E-state index contributed by atoms with van der Waals surface area (Å²) < 4.78 is 5.02. The van der Waals surface area contributed by atoms with Crippen LogP contribution in [0.1, 0.15) is 16.1 Å². The van der Waals surface area contributed by atoms with Gasteiger partial charge in [-0.3, -0.25) is 10.1 Å². The van der Waals surface area contributed by atoms with Crippen LogP contribution in [-0.2, 0) is 0 Å². The van der Waals surface area contributed by atoms with Crippen molar-refractivity contribution in [2.75, 3.05) is 0 Å². The van der Waals surface area contributed by atoms with Crippen LogP contribution in [0.5, 0.6) is 0 Å². The van der Waals surface area contributed by atoms with Gasteiger partial charge in [0.15, 0.2) is 10.1 Å². The van der Waals surface area contributed by atoms with E-state index in [-0.39, 0.29) is 21.6 Å². The number of carboxylic acid groups (broad SMARTS) is 1. The average Bonchev–Trinajstić information content (AvgIpc) is 2.77. The molecule has 0 aliphatic heterocycles. The number of nitrogens with zero attached hydrogens (tertiary/aromatic N) is 2. The Bertz CT molecular complexity index is 652. The summed E-state index contributed by atoms with van der Waals surface area (Å²) in [4.78, 5) is 25.0. The molecule has 7 nitrogen and oxygen atoms in total. The zero-order valence-corrected chi connectivity index (χ0v) is 10.5. The van der Waals surface area contributed by atoms with Gasteiger partial charge in [0.1, 0.15) is 0 Å². The molecule has 19 heavy (non-hydrogen) atoms. The fraction of sp³-hybridized carbons (Fsp3) is 0.0909. The van der Waals surface area contributed by atoms with Crippen LogP contribution >= 0.6 is 11.8 Å². The first-order valence-electron chi connectivity index (χ1n) is 5.10. The molecule has 8 heteroatoms. The highest BCUT2D eigenvalue weighted by Gasteiger charge is 2.21. The van der Waals surface area contributed by atoms with Crippen molar-refractivity contribution in [1.29, 1.82) is 0 Å². The normalized spacial score (nSPS) is 10.4. The monoisotopic (exact) mass is 280 g/mol. The van der Waals surface area contributed by atoms with E-state index in [1.54, 1.807) is 6.92 Å². The summed E-state index contributed by atoms with van der Waals surface area (Å²) in [7, 11) is 0. The smallest absolute Gasteiger partial charge is 0.371 e. The molecular formula is C11H8N2O5S. The van der Waals surface area contributed by atoms with Crippen molar-refractivity contribution in [3.8, 4) is 0 Å². The molecule has 0 aliphatic carbocycles. The van der Waals surface area contributed by atoms with Crippen LogP contribution in [0.4, 0.5) is 5.69 Å². The molecule has 2 aromatic heterocycles. The van der Waals surface area contributed by atoms with Crippen LogP contribution in [0.25, 0.3) is 0 Å². The number of carbonyl (C=O) groups is 1. The van der Waals surface area contributed by atoms with Crippen molar-refractivity contribution in [2.24, 2.45) is 0 Å². The SMILES string of the molecule is Cc1ccnc(Sc2ccc(C(=O)O)o2)c1[N+](=O)[O-]. The maximum absolute atomic E-state index is 11.0. The van der Waals surface area contributed by atoms with Crippen molar-refractivity contribution in [3.05, 3.63) is 45.8 Å². The van der Waals surface area contributed by atoms with Crippen LogP contribution in [-0.4, -0.2) is 21.0 Å². The molecule has 2 heterocycles. The lowest BCUT2D eigenvalue weighted by Crippen LogP contribution is -1.96. The molecule has 0 saturated heterocycles. The minimum Gasteiger partial charge on any atom is -0.475 e. The molecule has 0 amide bonds. The zero-order valence-electron chi connectivity index (χ0n) is 9.69. The molecular weight excluding hydrogens is 272 g/mol. The van der Waals surface area contributed by atoms with E-state index in [1.807, 2.05) is 0 Å². The number of aryl methyl sites for hydroxylation is 1. The number of pyridine rings is 1. The van der Waals surface area contributed by atoms with E-state index in [0.717, 1.165) is 11.8 Å². The van der Waals surface area contributed by atoms with Crippen LogP contribution < -0.4 is 0 Å². The van der Waals surface area contributed by atoms with E-state index >= 15 is 0 Å². The molecule has 2 aromatic rings. The van der Waals surface area contributed by atoms with Gasteiger partial charge in [-0.2, -0.15) is 0 Å². The van der Waals surface area contributed by atoms with E-state index in [1.165, 1.54) is 24.4 Å². The minimum atomic E-state index is -1.20. The number of hydrogen-bond acceptors (Lipinski definition) is 6. The molecule has 0 aliphatic rings. The van der Waals surface area contributed by atoms with Gasteiger partial charge in [-0.05, 0) is 36.9 Å². The second-order valence-corrected chi connectivity index (χ2v) is 4.56. The molecule has 0 saturated carbocycles. The molecule has 1 N–H and O–H groups in total. The first kappa shape index (κ1) is 13.1. The van der Waals surface area contributed by atoms with Gasteiger partial charge in [-0.1, -0.05) is 0 Å². The van der Waals surface area contributed by atoms with E-state index < -0.39 is 10.9 Å². The molecule has 0 atom stereocenters. The van der Waals surface area contributed by atoms with Crippen LogP contribution in [0, 0.1) is 17.0 Å². The second-order valence-electron chi connectivity index (χ2n) is 3.56. The fourth-order valence-electron chi connectivity index (χ4n) is 1.41. The summed E-state index contributed by atoms with van der Waals surface area (Å²) in [5.74, 6) is -1.42. The summed E-state index contributed by atoms with van der Waals surface area (Å²) in [6, 6.07) is 4.25. The van der Waals surface area contributed by atoms with Gasteiger partial charge in [0, 0.05) is 11.8 Å². The van der Waals surface area contributed by atoms with Crippen molar-refractivity contribution >= 4 is 23.4 Å². The van der Waals surface area contributed by atoms with Crippen molar-refractivity contribution in [1.82, 2.24) is 4.98 Å². The van der Waals surface area contributed by atoms with Gasteiger partial charge < -0.3 is 9.52 Å². The Morgan fingerprint density at radius 2 is 2.21 bits per heavy atom. The quantitative estimate of drug-likeness (QED) is 0.677. The molecule has 98 valence electrons. The molecule has 0 unspecified atom stereocenters. The molecule has 0 radical (unpaired) electrons. The highest BCUT2D eigenvalue weighted by atomic mass is 32.2. The zero-order chi connectivity index (χ0) is 14.0. The molecule has 0 fully saturated rings. The third-order valence-corrected chi connectivity index (χ3v) is 3.18. The Kier molecular flexibility index (Phi) is 3.52. The highest BCUT2D eigenvalue weighted by molar-refractivity contribution is 7.99. The lowest BCUT2D eigenvalue weighted by molar-refractivity contribution is -0.388. The van der Waals surface area contributed by atoms with Gasteiger partial charge in [-0.15, -0.1) is 0 Å². The lowest BCUT2D eigenvalue weighted by Gasteiger charge is -2.01. The predicted molar refractivity (Wildman–Crippen MR) is 65.4 cm³/mol. The highest BCUT2D eigenvalue weighted by Crippen LogP contribution is 2.35. The van der Waals surface area contributed by atoms with Crippen molar-refractivity contribution in [2.45, 2.75) is 17.0 Å². The number of carboxylic acids is 1. The summed E-state index contributed by atoms with van der Waals surface area (Å²) in [6.45, 7) is 1.61. The number of nitro groups is 1. The number of hydrogen-bond donors (Lipinski definition) is 1. The third kappa shape index (κ3) is 2.74. The van der Waals surface area contributed by atoms with Gasteiger partial charge in [0.2, 0.25) is 5.76 Å². The Balaban J connectivity index is 2.35. The second kappa shape index (κ2) is 5.11. The van der Waals surface area contributed by atoms with E-state index in [2.05, 4.69) is 4.98 Å². The topological polar surface area (TPSA) is 106 Å². The predicted octanol–water partition coefficient (Wildman–Crippen LogP) is 2.74. The number of aromatic nitrogens is 1. The van der Waals surface area contributed by atoms with E-state index in [0.29, 0.717) is 5.56 Å². The van der Waals surface area contributed by atoms with Gasteiger partial charge in [-0.25, -0.2) is 9.78 Å². The first-order valence-corrected chi connectivity index (χ1v) is 5.91. The largest absolute Gasteiger partial charge is 0.475 e. The van der Waals surface area contributed by atoms with Crippen LogP contribution in [0.3, 0.4) is 0 Å². The summed E-state index contributed by atoms with van der Waals surface area (Å²) in [6.07, 6.45) is 1.45. The van der Waals surface area contributed by atoms with E-state index in [9.17, 15) is 14.9 Å². The Morgan fingerprint density at radius 3 is 2.79 bits per heavy atom. The average molecular weight is 280 g/mol. The maximum Gasteiger partial charge on any atom is 0.371 e. The molecule has 0 aromatic carbocycles. The van der Waals surface area contributed by atoms with E-state index in [4.69, 9.17) is 9.52 Å². The summed E-state index contributed by atoms with van der Waals surface area (Å²) in [5.41, 5.74) is 0.369. The number of furan rings is 1. The first-order chi connectivity index (χ1) is 8.99. The fourth-order valence-corrected chi connectivity index (χ4v) is 2.31. The van der Waals surface area contributed by atoms with Gasteiger partial charge in [0.25, 0.3) is 0 Å². The van der Waals surface area contributed by atoms with Crippen LogP contribution in [0.15, 0.2) is 38.9 Å². The van der Waals surface area contributed by atoms with Gasteiger partial charge >= 0.3 is 11.7 Å².